The highest BCUT2D eigenvalue weighted by Gasteiger charge is 2.05. The topological polar surface area (TPSA) is 120 Å². The first kappa shape index (κ1) is 25.8. The summed E-state index contributed by atoms with van der Waals surface area (Å²) in [6.45, 7) is -0.503. The molecule has 3 rings (SSSR count). The van der Waals surface area contributed by atoms with E-state index in [2.05, 4.69) is 21.1 Å². The molecule has 186 valence electrons. The van der Waals surface area contributed by atoms with E-state index >= 15 is 0 Å². The van der Waals surface area contributed by atoms with Crippen molar-refractivity contribution in [3.8, 4) is 23.0 Å². The van der Waals surface area contributed by atoms with Crippen molar-refractivity contribution in [2.75, 3.05) is 27.4 Å². The molecule has 0 aliphatic rings. The minimum Gasteiger partial charge on any atom is -0.497 e. The lowest BCUT2D eigenvalue weighted by Gasteiger charge is -2.08. The highest BCUT2D eigenvalue weighted by molar-refractivity contribution is 5.84. The van der Waals surface area contributed by atoms with E-state index in [-0.39, 0.29) is 13.2 Å². The zero-order chi connectivity index (χ0) is 25.6. The first-order valence-corrected chi connectivity index (χ1v) is 10.8. The number of nitrogens with zero attached hydrogens (tertiary/aromatic N) is 2. The lowest BCUT2D eigenvalue weighted by Crippen LogP contribution is -2.25. The van der Waals surface area contributed by atoms with Crippen LogP contribution in [0.1, 0.15) is 11.1 Å². The van der Waals surface area contributed by atoms with Crippen LogP contribution in [0.25, 0.3) is 0 Å². The van der Waals surface area contributed by atoms with Gasteiger partial charge in [0.1, 0.15) is 23.0 Å². The average molecular weight is 491 g/mol. The summed E-state index contributed by atoms with van der Waals surface area (Å²) >= 11 is 0. The Bertz CT molecular complexity index is 1140. The van der Waals surface area contributed by atoms with E-state index < -0.39 is 11.8 Å². The first-order chi connectivity index (χ1) is 17.6. The van der Waals surface area contributed by atoms with Crippen LogP contribution in [-0.4, -0.2) is 51.7 Å². The van der Waals surface area contributed by atoms with Gasteiger partial charge in [0.05, 0.1) is 26.6 Å². The van der Waals surface area contributed by atoms with Crippen LogP contribution in [-0.2, 0) is 9.59 Å². The maximum Gasteiger partial charge on any atom is 0.277 e. The van der Waals surface area contributed by atoms with Gasteiger partial charge in [-0.15, -0.1) is 0 Å². The molecule has 0 aliphatic carbocycles. The van der Waals surface area contributed by atoms with Crippen LogP contribution >= 0.6 is 0 Å². The van der Waals surface area contributed by atoms with Gasteiger partial charge in [-0.2, -0.15) is 10.2 Å². The Morgan fingerprint density at radius 3 is 1.53 bits per heavy atom. The number of carbonyl (C=O) groups excluding carboxylic acids is 2. The Kier molecular flexibility index (Phi) is 9.84. The quantitative estimate of drug-likeness (QED) is 0.298. The van der Waals surface area contributed by atoms with Gasteiger partial charge in [-0.25, -0.2) is 10.9 Å². The number of ether oxygens (including phenoxy) is 4. The molecule has 0 atom stereocenters. The third-order valence-electron chi connectivity index (χ3n) is 4.54. The molecule has 0 aromatic heterocycles. The van der Waals surface area contributed by atoms with E-state index in [9.17, 15) is 9.59 Å². The number of methoxy groups -OCH3 is 2. The summed E-state index contributed by atoms with van der Waals surface area (Å²) in [5, 5.41) is 7.80. The molecule has 3 aromatic carbocycles. The lowest BCUT2D eigenvalue weighted by atomic mass is 10.2. The maximum atomic E-state index is 12.0. The van der Waals surface area contributed by atoms with Gasteiger partial charge in [0.2, 0.25) is 0 Å². The second-order valence-electron chi connectivity index (χ2n) is 7.19. The average Bonchev–Trinajstić information content (AvgIpc) is 2.91. The van der Waals surface area contributed by atoms with Crippen molar-refractivity contribution >= 4 is 24.2 Å². The molecule has 3 aromatic rings. The third kappa shape index (κ3) is 8.82. The summed E-state index contributed by atoms with van der Waals surface area (Å²) in [5.41, 5.74) is 6.33. The van der Waals surface area contributed by atoms with E-state index in [0.717, 1.165) is 11.1 Å². The summed E-state index contributed by atoms with van der Waals surface area (Å²) in [5.74, 6) is 1.30. The normalized spacial score (nSPS) is 10.7. The number of hydrazone groups is 2. The van der Waals surface area contributed by atoms with Crippen molar-refractivity contribution in [1.29, 1.82) is 0 Å². The number of benzene rings is 3. The molecule has 2 N–H and O–H groups in total. The standard InChI is InChI=1S/C26H26N4O6/c1-33-21-8-3-6-19(12-21)15-27-29-25(31)17-35-23-10-5-11-24(14-23)36-18-26(32)30-28-16-20-7-4-9-22(13-20)34-2/h3-16H,17-18H2,1-2H3,(H,29,31)(H,30,32)/b27-15+,28-16+. The highest BCUT2D eigenvalue weighted by Crippen LogP contribution is 2.19. The molecule has 0 radical (unpaired) electrons. The van der Waals surface area contributed by atoms with Crippen molar-refractivity contribution in [1.82, 2.24) is 10.9 Å². The number of hydrogen-bond donors (Lipinski definition) is 2. The Balaban J connectivity index is 1.40. The van der Waals surface area contributed by atoms with Gasteiger partial charge in [0.25, 0.3) is 11.8 Å². The second-order valence-corrected chi connectivity index (χ2v) is 7.19. The van der Waals surface area contributed by atoms with Crippen LogP contribution in [0.4, 0.5) is 0 Å². The van der Waals surface area contributed by atoms with E-state index in [1.54, 1.807) is 50.6 Å². The fraction of sp³-hybridized carbons (Fsp3) is 0.154. The number of hydrogen-bond acceptors (Lipinski definition) is 8. The Morgan fingerprint density at radius 1 is 0.667 bits per heavy atom. The summed E-state index contributed by atoms with van der Waals surface area (Å²) in [7, 11) is 3.15. The first-order valence-electron chi connectivity index (χ1n) is 10.8. The van der Waals surface area contributed by atoms with Crippen LogP contribution < -0.4 is 29.8 Å². The van der Waals surface area contributed by atoms with Gasteiger partial charge in [-0.1, -0.05) is 30.3 Å². The van der Waals surface area contributed by atoms with E-state index in [1.165, 1.54) is 12.4 Å². The number of rotatable bonds is 12. The fourth-order valence-electron chi connectivity index (χ4n) is 2.82. The van der Waals surface area contributed by atoms with Gasteiger partial charge in [0, 0.05) is 6.07 Å². The highest BCUT2D eigenvalue weighted by atomic mass is 16.5. The molecule has 10 heteroatoms. The van der Waals surface area contributed by atoms with Gasteiger partial charge in [-0.05, 0) is 47.5 Å². The van der Waals surface area contributed by atoms with Crippen LogP contribution in [0.15, 0.2) is 83.0 Å². The summed E-state index contributed by atoms with van der Waals surface area (Å²) in [4.78, 5) is 24.0. The van der Waals surface area contributed by atoms with E-state index in [4.69, 9.17) is 18.9 Å². The van der Waals surface area contributed by atoms with Crippen molar-refractivity contribution in [2.24, 2.45) is 10.2 Å². The summed E-state index contributed by atoms with van der Waals surface area (Å²) in [6.07, 6.45) is 3.00. The number of nitrogens with one attached hydrogen (secondary N) is 2. The Hall–Kier alpha value is -4.86. The van der Waals surface area contributed by atoms with Gasteiger partial charge in [-0.3, -0.25) is 9.59 Å². The molecule has 0 heterocycles. The van der Waals surface area contributed by atoms with E-state index in [1.807, 2.05) is 36.4 Å². The predicted molar refractivity (Wildman–Crippen MR) is 135 cm³/mol. The maximum absolute atomic E-state index is 12.0. The SMILES string of the molecule is COc1cccc(/C=N/NC(=O)COc2cccc(OCC(=O)N/N=C/c3cccc(OC)c3)c2)c1. The molecule has 0 spiro atoms. The minimum absolute atomic E-state index is 0.252. The third-order valence-corrected chi connectivity index (χ3v) is 4.54. The molecule has 0 saturated heterocycles. The van der Waals surface area contributed by atoms with Crippen LogP contribution in [0.3, 0.4) is 0 Å². The molecule has 36 heavy (non-hydrogen) atoms. The molecule has 10 nitrogen and oxygen atoms in total. The molecule has 0 unspecified atom stereocenters. The lowest BCUT2D eigenvalue weighted by molar-refractivity contribution is -0.123. The van der Waals surface area contributed by atoms with Gasteiger partial charge >= 0.3 is 0 Å². The van der Waals surface area contributed by atoms with Crippen LogP contribution in [0.5, 0.6) is 23.0 Å². The minimum atomic E-state index is -0.436. The number of amides is 2. The smallest absolute Gasteiger partial charge is 0.277 e. The summed E-state index contributed by atoms with van der Waals surface area (Å²) in [6, 6.07) is 21.1. The molecule has 0 fully saturated rings. The number of carbonyl (C=O) groups is 2. The molecule has 0 bridgehead atoms. The molecule has 2 amide bonds. The van der Waals surface area contributed by atoms with Crippen molar-refractivity contribution in [3.05, 3.63) is 83.9 Å². The Labute approximate surface area is 208 Å². The predicted octanol–water partition coefficient (Wildman–Crippen LogP) is 2.76. The molecule has 0 aliphatic heterocycles. The zero-order valence-electron chi connectivity index (χ0n) is 19.8. The van der Waals surface area contributed by atoms with Crippen LogP contribution in [0.2, 0.25) is 0 Å². The Morgan fingerprint density at radius 2 is 1.08 bits per heavy atom. The molecule has 0 saturated carbocycles. The van der Waals surface area contributed by atoms with Crippen LogP contribution in [0, 0.1) is 0 Å². The van der Waals surface area contributed by atoms with Crippen molar-refractivity contribution < 1.29 is 28.5 Å². The van der Waals surface area contributed by atoms with Gasteiger partial charge < -0.3 is 18.9 Å². The fourth-order valence-corrected chi connectivity index (χ4v) is 2.82. The zero-order valence-corrected chi connectivity index (χ0v) is 19.8. The van der Waals surface area contributed by atoms with Gasteiger partial charge in [0.15, 0.2) is 13.2 Å². The van der Waals surface area contributed by atoms with Crippen molar-refractivity contribution in [2.45, 2.75) is 0 Å². The largest absolute Gasteiger partial charge is 0.497 e. The second kappa shape index (κ2) is 13.8. The summed E-state index contributed by atoms with van der Waals surface area (Å²) < 4.78 is 21.2. The monoisotopic (exact) mass is 490 g/mol. The van der Waals surface area contributed by atoms with E-state index in [0.29, 0.717) is 23.0 Å². The molecular formula is C26H26N4O6. The molecular weight excluding hydrogens is 464 g/mol. The van der Waals surface area contributed by atoms with Crippen molar-refractivity contribution in [3.63, 3.8) is 0 Å².